The predicted octanol–water partition coefficient (Wildman–Crippen LogP) is 2.56. The van der Waals surface area contributed by atoms with Crippen LogP contribution in [0.3, 0.4) is 0 Å². The fourth-order valence-electron chi connectivity index (χ4n) is 2.82. The minimum atomic E-state index is -0.741. The number of rotatable bonds is 5. The molecule has 0 radical (unpaired) electrons. The lowest BCUT2D eigenvalue weighted by Crippen LogP contribution is -2.32. The standard InChI is InChI=1S/C17H18N2O4S/c1-11(20)23-15-9-14(16-18-7-8-24-16)19(17(15)21)10-12-3-5-13(22-2)6-4-12/h3-8,14-15H,9-10H2,1-2H3/t14-,15-/m1/s1. The van der Waals surface area contributed by atoms with Gasteiger partial charge in [-0.1, -0.05) is 12.1 Å². The van der Waals surface area contributed by atoms with Gasteiger partial charge in [0.05, 0.1) is 13.2 Å². The second-order valence-electron chi connectivity index (χ2n) is 5.53. The molecule has 1 aliphatic rings. The molecule has 2 atom stereocenters. The van der Waals surface area contributed by atoms with Crippen molar-refractivity contribution in [3.8, 4) is 5.75 Å². The van der Waals surface area contributed by atoms with Crippen LogP contribution in [0.25, 0.3) is 0 Å². The number of carbonyl (C=O) groups excluding carboxylic acids is 2. The number of ether oxygens (including phenoxy) is 2. The van der Waals surface area contributed by atoms with Crippen LogP contribution in [-0.4, -0.2) is 35.0 Å². The molecular weight excluding hydrogens is 328 g/mol. The summed E-state index contributed by atoms with van der Waals surface area (Å²) in [5.74, 6) is 0.138. The van der Waals surface area contributed by atoms with E-state index in [1.54, 1.807) is 18.2 Å². The van der Waals surface area contributed by atoms with Gasteiger partial charge in [0.25, 0.3) is 5.91 Å². The zero-order valence-electron chi connectivity index (χ0n) is 13.5. The summed E-state index contributed by atoms with van der Waals surface area (Å²) in [6.45, 7) is 1.75. The maximum Gasteiger partial charge on any atom is 0.303 e. The van der Waals surface area contributed by atoms with E-state index in [1.165, 1.54) is 18.3 Å². The van der Waals surface area contributed by atoms with Gasteiger partial charge in [-0.05, 0) is 17.7 Å². The molecule has 6 nitrogen and oxygen atoms in total. The summed E-state index contributed by atoms with van der Waals surface area (Å²) in [5, 5.41) is 2.73. The third-order valence-electron chi connectivity index (χ3n) is 3.93. The Morgan fingerprint density at radius 1 is 1.38 bits per heavy atom. The molecule has 1 saturated heterocycles. The Labute approximate surface area is 144 Å². The lowest BCUT2D eigenvalue weighted by molar-refractivity contribution is -0.154. The fourth-order valence-corrected chi connectivity index (χ4v) is 3.58. The van der Waals surface area contributed by atoms with Crippen LogP contribution in [0.5, 0.6) is 5.75 Å². The number of carbonyl (C=O) groups is 2. The molecule has 1 fully saturated rings. The molecule has 0 N–H and O–H groups in total. The summed E-state index contributed by atoms with van der Waals surface area (Å²) in [5.41, 5.74) is 0.981. The third-order valence-corrected chi connectivity index (χ3v) is 4.81. The highest BCUT2D eigenvalue weighted by molar-refractivity contribution is 7.09. The summed E-state index contributed by atoms with van der Waals surface area (Å²) in [4.78, 5) is 30.0. The molecule has 2 aromatic rings. The molecule has 2 heterocycles. The first kappa shape index (κ1) is 16.4. The molecule has 126 valence electrons. The van der Waals surface area contributed by atoms with E-state index in [4.69, 9.17) is 9.47 Å². The van der Waals surface area contributed by atoms with Crippen LogP contribution in [0.4, 0.5) is 0 Å². The van der Waals surface area contributed by atoms with Gasteiger partial charge in [-0.15, -0.1) is 11.3 Å². The average molecular weight is 346 g/mol. The zero-order valence-corrected chi connectivity index (χ0v) is 14.3. The van der Waals surface area contributed by atoms with Crippen LogP contribution < -0.4 is 4.74 Å². The lowest BCUT2D eigenvalue weighted by Gasteiger charge is -2.23. The van der Waals surface area contributed by atoms with E-state index in [2.05, 4.69) is 4.98 Å². The minimum absolute atomic E-state index is 0.177. The van der Waals surface area contributed by atoms with E-state index in [0.717, 1.165) is 16.3 Å². The molecule has 0 unspecified atom stereocenters. The number of nitrogens with zero attached hydrogens (tertiary/aromatic N) is 2. The molecule has 24 heavy (non-hydrogen) atoms. The van der Waals surface area contributed by atoms with Gasteiger partial charge in [-0.25, -0.2) is 4.98 Å². The van der Waals surface area contributed by atoms with E-state index in [1.807, 2.05) is 29.6 Å². The normalized spacial score (nSPS) is 20.2. The van der Waals surface area contributed by atoms with Gasteiger partial charge in [0.1, 0.15) is 10.8 Å². The predicted molar refractivity (Wildman–Crippen MR) is 88.6 cm³/mol. The molecule has 0 bridgehead atoms. The van der Waals surface area contributed by atoms with Crippen molar-refractivity contribution in [3.63, 3.8) is 0 Å². The number of amides is 1. The summed E-state index contributed by atoms with van der Waals surface area (Å²) in [7, 11) is 1.61. The molecule has 3 rings (SSSR count). The SMILES string of the molecule is COc1ccc(CN2C(=O)[C@H](OC(C)=O)C[C@@H]2c2nccs2)cc1. The lowest BCUT2D eigenvalue weighted by atomic mass is 10.1. The van der Waals surface area contributed by atoms with Crippen LogP contribution >= 0.6 is 11.3 Å². The highest BCUT2D eigenvalue weighted by Gasteiger charge is 2.43. The van der Waals surface area contributed by atoms with Crippen LogP contribution in [0.15, 0.2) is 35.8 Å². The number of hydrogen-bond acceptors (Lipinski definition) is 6. The third kappa shape index (κ3) is 3.41. The Kier molecular flexibility index (Phi) is 4.80. The van der Waals surface area contributed by atoms with E-state index >= 15 is 0 Å². The largest absolute Gasteiger partial charge is 0.497 e. The molecule has 1 aliphatic heterocycles. The summed E-state index contributed by atoms with van der Waals surface area (Å²) in [6.07, 6.45) is 1.41. The Morgan fingerprint density at radius 2 is 2.12 bits per heavy atom. The van der Waals surface area contributed by atoms with Crippen molar-refractivity contribution in [1.29, 1.82) is 0 Å². The number of methoxy groups -OCH3 is 1. The van der Waals surface area contributed by atoms with E-state index in [9.17, 15) is 9.59 Å². The number of likely N-dealkylation sites (tertiary alicyclic amines) is 1. The van der Waals surface area contributed by atoms with Crippen LogP contribution in [0, 0.1) is 0 Å². The molecule has 1 amide bonds. The van der Waals surface area contributed by atoms with Gasteiger partial charge < -0.3 is 14.4 Å². The summed E-state index contributed by atoms with van der Waals surface area (Å²) >= 11 is 1.50. The first-order chi connectivity index (χ1) is 11.6. The van der Waals surface area contributed by atoms with Gasteiger partial charge in [0, 0.05) is 31.5 Å². The minimum Gasteiger partial charge on any atom is -0.497 e. The van der Waals surface area contributed by atoms with Crippen LogP contribution in [0.2, 0.25) is 0 Å². The number of aromatic nitrogens is 1. The van der Waals surface area contributed by atoms with Crippen molar-refractivity contribution in [1.82, 2.24) is 9.88 Å². The van der Waals surface area contributed by atoms with Crippen molar-refractivity contribution < 1.29 is 19.1 Å². The highest BCUT2D eigenvalue weighted by Crippen LogP contribution is 2.36. The molecule has 0 spiro atoms. The van der Waals surface area contributed by atoms with Gasteiger partial charge in [-0.3, -0.25) is 9.59 Å². The van der Waals surface area contributed by atoms with E-state index < -0.39 is 12.1 Å². The Bertz CT molecular complexity index is 715. The Morgan fingerprint density at radius 3 is 2.71 bits per heavy atom. The summed E-state index contributed by atoms with van der Waals surface area (Å²) < 4.78 is 10.3. The zero-order chi connectivity index (χ0) is 17.1. The second kappa shape index (κ2) is 7.00. The average Bonchev–Trinajstić information content (AvgIpc) is 3.19. The molecular formula is C17H18N2O4S. The van der Waals surface area contributed by atoms with Crippen molar-refractivity contribution in [2.75, 3.05) is 7.11 Å². The number of esters is 1. The molecule has 7 heteroatoms. The van der Waals surface area contributed by atoms with Crippen molar-refractivity contribution in [3.05, 3.63) is 46.4 Å². The summed E-state index contributed by atoms with van der Waals surface area (Å²) in [6, 6.07) is 7.38. The van der Waals surface area contributed by atoms with Gasteiger partial charge in [0.2, 0.25) is 0 Å². The first-order valence-corrected chi connectivity index (χ1v) is 8.46. The van der Waals surface area contributed by atoms with Crippen molar-refractivity contribution >= 4 is 23.2 Å². The van der Waals surface area contributed by atoms with E-state index in [0.29, 0.717) is 13.0 Å². The van der Waals surface area contributed by atoms with Gasteiger partial charge in [-0.2, -0.15) is 0 Å². The molecule has 1 aromatic heterocycles. The van der Waals surface area contributed by atoms with Gasteiger partial charge >= 0.3 is 5.97 Å². The smallest absolute Gasteiger partial charge is 0.303 e. The number of benzene rings is 1. The highest BCUT2D eigenvalue weighted by atomic mass is 32.1. The number of thiazole rings is 1. The quantitative estimate of drug-likeness (QED) is 0.778. The number of hydrogen-bond donors (Lipinski definition) is 0. The van der Waals surface area contributed by atoms with Crippen LogP contribution in [0.1, 0.15) is 30.0 Å². The first-order valence-electron chi connectivity index (χ1n) is 7.58. The van der Waals surface area contributed by atoms with Crippen LogP contribution in [-0.2, 0) is 20.9 Å². The maximum absolute atomic E-state index is 12.7. The topological polar surface area (TPSA) is 68.7 Å². The van der Waals surface area contributed by atoms with Crippen molar-refractivity contribution in [2.24, 2.45) is 0 Å². The molecule has 0 saturated carbocycles. The molecule has 1 aromatic carbocycles. The van der Waals surface area contributed by atoms with Gasteiger partial charge in [0.15, 0.2) is 6.10 Å². The Balaban J connectivity index is 1.83. The van der Waals surface area contributed by atoms with Crippen molar-refractivity contribution in [2.45, 2.75) is 32.0 Å². The Hall–Kier alpha value is -2.41. The maximum atomic E-state index is 12.7. The fraction of sp³-hybridized carbons (Fsp3) is 0.353. The molecule has 0 aliphatic carbocycles. The van der Waals surface area contributed by atoms with E-state index in [-0.39, 0.29) is 11.9 Å². The monoisotopic (exact) mass is 346 g/mol. The second-order valence-corrected chi connectivity index (χ2v) is 6.46.